The van der Waals surface area contributed by atoms with E-state index in [4.69, 9.17) is 9.84 Å². The minimum Gasteiger partial charge on any atom is -0.493 e. The molecule has 1 unspecified atom stereocenters. The first-order chi connectivity index (χ1) is 10.6. The van der Waals surface area contributed by atoms with Crippen LogP contribution in [0.5, 0.6) is 5.75 Å². The van der Waals surface area contributed by atoms with Crippen LogP contribution in [-0.4, -0.2) is 41.6 Å². The summed E-state index contributed by atoms with van der Waals surface area (Å²) in [6.45, 7) is 3.36. The minimum atomic E-state index is -0.830. The zero-order chi connectivity index (χ0) is 15.9. The van der Waals surface area contributed by atoms with Crippen molar-refractivity contribution in [2.45, 2.75) is 19.8 Å². The van der Waals surface area contributed by atoms with Crippen molar-refractivity contribution in [3.05, 3.63) is 35.9 Å². The maximum atomic E-state index is 12.2. The van der Waals surface area contributed by atoms with E-state index in [1.807, 2.05) is 31.2 Å². The zero-order valence-electron chi connectivity index (χ0n) is 12.7. The predicted octanol–water partition coefficient (Wildman–Crippen LogP) is 2.42. The van der Waals surface area contributed by atoms with E-state index >= 15 is 0 Å². The third-order valence-corrected chi connectivity index (χ3v) is 3.71. The molecule has 0 radical (unpaired) electrons. The largest absolute Gasteiger partial charge is 0.493 e. The van der Waals surface area contributed by atoms with E-state index in [0.29, 0.717) is 19.6 Å². The fraction of sp³-hybridized carbons (Fsp3) is 0.412. The van der Waals surface area contributed by atoms with Gasteiger partial charge < -0.3 is 14.7 Å². The number of benzene rings is 1. The lowest BCUT2D eigenvalue weighted by molar-refractivity contribution is -0.144. The lowest BCUT2D eigenvalue weighted by Gasteiger charge is -2.29. The third-order valence-electron chi connectivity index (χ3n) is 3.71. The highest BCUT2D eigenvalue weighted by Crippen LogP contribution is 2.20. The van der Waals surface area contributed by atoms with E-state index in [0.717, 1.165) is 17.7 Å². The molecule has 1 heterocycles. The second-order valence-corrected chi connectivity index (χ2v) is 5.27. The van der Waals surface area contributed by atoms with Crippen molar-refractivity contribution in [2.24, 2.45) is 5.92 Å². The second-order valence-electron chi connectivity index (χ2n) is 5.27. The average molecular weight is 303 g/mol. The summed E-state index contributed by atoms with van der Waals surface area (Å²) in [6.07, 6.45) is 4.57. The Hall–Kier alpha value is -2.30. The number of hydrogen-bond donors (Lipinski definition) is 1. The number of nitrogens with zero attached hydrogens (tertiary/aromatic N) is 1. The summed E-state index contributed by atoms with van der Waals surface area (Å²) in [7, 11) is 0. The van der Waals surface area contributed by atoms with Gasteiger partial charge in [-0.05, 0) is 31.9 Å². The molecule has 1 aromatic rings. The summed E-state index contributed by atoms with van der Waals surface area (Å²) < 4.78 is 5.51. The summed E-state index contributed by atoms with van der Waals surface area (Å²) in [6, 6.07) is 7.50. The lowest BCUT2D eigenvalue weighted by atomic mass is 9.98. The van der Waals surface area contributed by atoms with Gasteiger partial charge in [-0.3, -0.25) is 9.59 Å². The van der Waals surface area contributed by atoms with Gasteiger partial charge in [0.05, 0.1) is 12.5 Å². The molecule has 5 heteroatoms. The molecular weight excluding hydrogens is 282 g/mol. The van der Waals surface area contributed by atoms with Crippen LogP contribution in [0.15, 0.2) is 30.3 Å². The Bertz CT molecular complexity index is 568. The van der Waals surface area contributed by atoms with Gasteiger partial charge in [0, 0.05) is 24.7 Å². The first-order valence-corrected chi connectivity index (χ1v) is 7.53. The monoisotopic (exact) mass is 303 g/mol. The number of aliphatic carboxylic acids is 1. The fourth-order valence-electron chi connectivity index (χ4n) is 2.55. The standard InChI is InChI=1S/C17H21NO4/c1-2-22-15-8-4-3-6-13(15)9-10-16(19)18-11-5-7-14(12-18)17(20)21/h3-4,6,8-10,14H,2,5,7,11-12H2,1H3,(H,20,21). The van der Waals surface area contributed by atoms with E-state index in [2.05, 4.69) is 0 Å². The Balaban J connectivity index is 2.03. The Labute approximate surface area is 130 Å². The topological polar surface area (TPSA) is 66.8 Å². The van der Waals surface area contributed by atoms with Crippen molar-refractivity contribution in [3.63, 3.8) is 0 Å². The van der Waals surface area contributed by atoms with E-state index < -0.39 is 11.9 Å². The number of carboxylic acid groups (broad SMARTS) is 1. The van der Waals surface area contributed by atoms with Crippen LogP contribution in [0.1, 0.15) is 25.3 Å². The molecule has 2 rings (SSSR count). The molecule has 22 heavy (non-hydrogen) atoms. The zero-order valence-corrected chi connectivity index (χ0v) is 12.7. The highest BCUT2D eigenvalue weighted by molar-refractivity contribution is 5.92. The highest BCUT2D eigenvalue weighted by Gasteiger charge is 2.27. The molecule has 0 bridgehead atoms. The lowest BCUT2D eigenvalue weighted by Crippen LogP contribution is -2.41. The van der Waals surface area contributed by atoms with Crippen LogP contribution < -0.4 is 4.74 Å². The number of ether oxygens (including phenoxy) is 1. The SMILES string of the molecule is CCOc1ccccc1C=CC(=O)N1CCCC(C(=O)O)C1. The van der Waals surface area contributed by atoms with Crippen LogP contribution in [0.4, 0.5) is 0 Å². The normalized spacial score (nSPS) is 18.4. The van der Waals surface area contributed by atoms with Crippen LogP contribution in [0.2, 0.25) is 0 Å². The van der Waals surface area contributed by atoms with Gasteiger partial charge in [-0.15, -0.1) is 0 Å². The Morgan fingerprint density at radius 3 is 2.91 bits per heavy atom. The maximum absolute atomic E-state index is 12.2. The summed E-state index contributed by atoms with van der Waals surface area (Å²) in [5, 5.41) is 9.07. The number of carbonyl (C=O) groups is 2. The van der Waals surface area contributed by atoms with Gasteiger partial charge in [-0.1, -0.05) is 18.2 Å². The molecule has 1 atom stereocenters. The van der Waals surface area contributed by atoms with Crippen molar-refractivity contribution >= 4 is 18.0 Å². The van der Waals surface area contributed by atoms with Crippen LogP contribution in [0.25, 0.3) is 6.08 Å². The number of carboxylic acids is 1. The second kappa shape index (κ2) is 7.64. The van der Waals surface area contributed by atoms with Gasteiger partial charge in [0.25, 0.3) is 0 Å². The van der Waals surface area contributed by atoms with Crippen LogP contribution in [-0.2, 0) is 9.59 Å². The molecule has 0 aromatic heterocycles. The van der Waals surface area contributed by atoms with Crippen molar-refractivity contribution < 1.29 is 19.4 Å². The molecule has 1 saturated heterocycles. The smallest absolute Gasteiger partial charge is 0.308 e. The fourth-order valence-corrected chi connectivity index (χ4v) is 2.55. The number of hydrogen-bond acceptors (Lipinski definition) is 3. The van der Waals surface area contributed by atoms with Crippen LogP contribution in [0.3, 0.4) is 0 Å². The van der Waals surface area contributed by atoms with E-state index in [9.17, 15) is 9.59 Å². The molecule has 1 amide bonds. The molecule has 0 saturated carbocycles. The van der Waals surface area contributed by atoms with E-state index in [1.165, 1.54) is 6.08 Å². The first kappa shape index (κ1) is 16.1. The molecule has 1 aliphatic rings. The van der Waals surface area contributed by atoms with E-state index in [-0.39, 0.29) is 12.5 Å². The third kappa shape index (κ3) is 4.10. The Kier molecular flexibility index (Phi) is 5.58. The number of amides is 1. The summed E-state index contributed by atoms with van der Waals surface area (Å²) >= 11 is 0. The van der Waals surface area contributed by atoms with Gasteiger partial charge in [-0.25, -0.2) is 0 Å². The Morgan fingerprint density at radius 2 is 2.18 bits per heavy atom. The number of carbonyl (C=O) groups excluding carboxylic acids is 1. The summed E-state index contributed by atoms with van der Waals surface area (Å²) in [5.41, 5.74) is 0.837. The number of rotatable bonds is 5. The van der Waals surface area contributed by atoms with Crippen LogP contribution >= 0.6 is 0 Å². The Morgan fingerprint density at radius 1 is 1.41 bits per heavy atom. The molecule has 1 fully saturated rings. The van der Waals surface area contributed by atoms with Gasteiger partial charge in [0.15, 0.2) is 0 Å². The molecule has 1 N–H and O–H groups in total. The predicted molar refractivity (Wildman–Crippen MR) is 83.6 cm³/mol. The van der Waals surface area contributed by atoms with Crippen LogP contribution in [0, 0.1) is 5.92 Å². The van der Waals surface area contributed by atoms with Crippen molar-refractivity contribution in [1.29, 1.82) is 0 Å². The van der Waals surface area contributed by atoms with Crippen molar-refractivity contribution in [1.82, 2.24) is 4.90 Å². The van der Waals surface area contributed by atoms with Gasteiger partial charge in [0.2, 0.25) is 5.91 Å². The molecule has 118 valence electrons. The molecule has 0 aliphatic carbocycles. The minimum absolute atomic E-state index is 0.155. The number of piperidine rings is 1. The molecule has 5 nitrogen and oxygen atoms in total. The number of para-hydroxylation sites is 1. The average Bonchev–Trinajstić information content (AvgIpc) is 2.54. The molecular formula is C17H21NO4. The molecule has 0 spiro atoms. The highest BCUT2D eigenvalue weighted by atomic mass is 16.5. The quantitative estimate of drug-likeness (QED) is 0.848. The van der Waals surface area contributed by atoms with Crippen molar-refractivity contribution in [2.75, 3.05) is 19.7 Å². The summed E-state index contributed by atoms with van der Waals surface area (Å²) in [5.74, 6) is -0.710. The maximum Gasteiger partial charge on any atom is 0.308 e. The van der Waals surface area contributed by atoms with Gasteiger partial charge in [0.1, 0.15) is 5.75 Å². The van der Waals surface area contributed by atoms with Gasteiger partial charge >= 0.3 is 5.97 Å². The van der Waals surface area contributed by atoms with Gasteiger partial charge in [-0.2, -0.15) is 0 Å². The molecule has 1 aromatic carbocycles. The summed E-state index contributed by atoms with van der Waals surface area (Å²) in [4.78, 5) is 24.9. The van der Waals surface area contributed by atoms with E-state index in [1.54, 1.807) is 11.0 Å². The van der Waals surface area contributed by atoms with Crippen molar-refractivity contribution in [3.8, 4) is 5.75 Å². The molecule has 1 aliphatic heterocycles. The number of likely N-dealkylation sites (tertiary alicyclic amines) is 1. The first-order valence-electron chi connectivity index (χ1n) is 7.53.